The largest absolute Gasteiger partial charge is 0.460 e. The Morgan fingerprint density at radius 1 is 1.31 bits per heavy atom. The van der Waals surface area contributed by atoms with Gasteiger partial charge in [-0.1, -0.05) is 0 Å². The Hall–Kier alpha value is -2.38. The summed E-state index contributed by atoms with van der Waals surface area (Å²) in [4.78, 5) is 25.0. The van der Waals surface area contributed by atoms with Crippen molar-refractivity contribution in [1.29, 1.82) is 0 Å². The lowest BCUT2D eigenvalue weighted by atomic mass is 10.2. The molecular weight excluding hydrogens is 336 g/mol. The zero-order valence-corrected chi connectivity index (χ0v) is 15.1. The molecule has 1 fully saturated rings. The van der Waals surface area contributed by atoms with Crippen LogP contribution in [0.25, 0.3) is 11.0 Å². The van der Waals surface area contributed by atoms with E-state index in [2.05, 4.69) is 24.1 Å². The molecule has 2 aromatic rings. The average molecular weight is 360 g/mol. The molecule has 0 bridgehead atoms. The lowest BCUT2D eigenvalue weighted by Crippen LogP contribution is -2.45. The SMILES string of the molecule is CC1CN(CCCOC(=O)c2cc3cc(NC=O)ccc3o2)CC(C)O1. The first-order valence-corrected chi connectivity index (χ1v) is 8.84. The number of hydrogen-bond acceptors (Lipinski definition) is 6. The van der Waals surface area contributed by atoms with E-state index in [1.807, 2.05) is 0 Å². The smallest absolute Gasteiger partial charge is 0.374 e. The van der Waals surface area contributed by atoms with Gasteiger partial charge in [0.25, 0.3) is 0 Å². The fourth-order valence-electron chi connectivity index (χ4n) is 3.29. The van der Waals surface area contributed by atoms with Crippen LogP contribution in [0.1, 0.15) is 30.8 Å². The molecule has 1 saturated heterocycles. The van der Waals surface area contributed by atoms with Crippen LogP contribution in [0.2, 0.25) is 0 Å². The van der Waals surface area contributed by atoms with Gasteiger partial charge in [-0.2, -0.15) is 0 Å². The number of benzene rings is 1. The van der Waals surface area contributed by atoms with Gasteiger partial charge in [0.05, 0.1) is 18.8 Å². The second kappa shape index (κ2) is 8.33. The van der Waals surface area contributed by atoms with Crippen molar-refractivity contribution in [3.63, 3.8) is 0 Å². The van der Waals surface area contributed by atoms with Crippen molar-refractivity contribution in [1.82, 2.24) is 4.90 Å². The minimum atomic E-state index is -0.477. The summed E-state index contributed by atoms with van der Waals surface area (Å²) in [6.07, 6.45) is 1.83. The molecule has 0 aliphatic carbocycles. The fraction of sp³-hybridized carbons (Fsp3) is 0.474. The third-order valence-corrected chi connectivity index (χ3v) is 4.29. The van der Waals surface area contributed by atoms with E-state index in [-0.39, 0.29) is 18.0 Å². The second-order valence-corrected chi connectivity index (χ2v) is 6.63. The first kappa shape index (κ1) is 18.4. The summed E-state index contributed by atoms with van der Waals surface area (Å²) in [5.74, 6) is -0.313. The minimum absolute atomic E-state index is 0.164. The molecule has 0 saturated carbocycles. The van der Waals surface area contributed by atoms with Gasteiger partial charge in [-0.15, -0.1) is 0 Å². The molecular formula is C19H24N2O5. The molecule has 2 heterocycles. The summed E-state index contributed by atoms with van der Waals surface area (Å²) in [6.45, 7) is 7.15. The van der Waals surface area contributed by atoms with Crippen molar-refractivity contribution < 1.29 is 23.5 Å². The van der Waals surface area contributed by atoms with Crippen molar-refractivity contribution in [2.24, 2.45) is 0 Å². The number of nitrogens with zero attached hydrogens (tertiary/aromatic N) is 1. The number of hydrogen-bond donors (Lipinski definition) is 1. The standard InChI is InChI=1S/C19H24N2O5/c1-13-10-21(11-14(2)25-13)6-3-7-24-19(23)18-9-15-8-16(20-12-22)4-5-17(15)26-18/h4-5,8-9,12-14H,3,6-7,10-11H2,1-2H3,(H,20,22). The van der Waals surface area contributed by atoms with E-state index in [0.29, 0.717) is 24.3 Å². The number of amides is 1. The maximum atomic E-state index is 12.2. The monoisotopic (exact) mass is 360 g/mol. The van der Waals surface area contributed by atoms with Crippen LogP contribution in [-0.4, -0.2) is 55.7 Å². The molecule has 3 rings (SSSR count). The summed E-state index contributed by atoms with van der Waals surface area (Å²) < 4.78 is 16.5. The molecule has 1 N–H and O–H groups in total. The Balaban J connectivity index is 1.49. The fourth-order valence-corrected chi connectivity index (χ4v) is 3.29. The maximum Gasteiger partial charge on any atom is 0.374 e. The van der Waals surface area contributed by atoms with Gasteiger partial charge in [-0.25, -0.2) is 4.79 Å². The van der Waals surface area contributed by atoms with Gasteiger partial charge in [-0.3, -0.25) is 9.69 Å². The zero-order chi connectivity index (χ0) is 18.5. The van der Waals surface area contributed by atoms with Gasteiger partial charge in [0.15, 0.2) is 0 Å². The molecule has 1 aromatic carbocycles. The van der Waals surface area contributed by atoms with Crippen molar-refractivity contribution in [2.45, 2.75) is 32.5 Å². The molecule has 7 nitrogen and oxygen atoms in total. The number of carbonyl (C=O) groups is 2. The molecule has 1 aromatic heterocycles. The van der Waals surface area contributed by atoms with Gasteiger partial charge in [0, 0.05) is 30.7 Å². The molecule has 2 atom stereocenters. The lowest BCUT2D eigenvalue weighted by Gasteiger charge is -2.35. The second-order valence-electron chi connectivity index (χ2n) is 6.63. The predicted octanol–water partition coefficient (Wildman–Crippen LogP) is 2.66. The Labute approximate surface area is 152 Å². The van der Waals surface area contributed by atoms with E-state index in [1.165, 1.54) is 0 Å². The predicted molar refractivity (Wildman–Crippen MR) is 97.2 cm³/mol. The van der Waals surface area contributed by atoms with Gasteiger partial charge in [0.2, 0.25) is 12.2 Å². The summed E-state index contributed by atoms with van der Waals surface area (Å²) >= 11 is 0. The summed E-state index contributed by atoms with van der Waals surface area (Å²) in [6, 6.07) is 6.78. The summed E-state index contributed by atoms with van der Waals surface area (Å²) in [5, 5.41) is 3.30. The number of esters is 1. The van der Waals surface area contributed by atoms with Gasteiger partial charge in [-0.05, 0) is 44.5 Å². The lowest BCUT2D eigenvalue weighted by molar-refractivity contribution is -0.105. The zero-order valence-electron chi connectivity index (χ0n) is 15.1. The number of nitrogens with one attached hydrogen (secondary N) is 1. The highest BCUT2D eigenvalue weighted by Gasteiger charge is 2.21. The number of anilines is 1. The van der Waals surface area contributed by atoms with Crippen molar-refractivity contribution in [3.05, 3.63) is 30.0 Å². The first-order valence-electron chi connectivity index (χ1n) is 8.84. The third-order valence-electron chi connectivity index (χ3n) is 4.29. The van der Waals surface area contributed by atoms with Crippen molar-refractivity contribution in [2.75, 3.05) is 31.6 Å². The maximum absolute atomic E-state index is 12.2. The molecule has 26 heavy (non-hydrogen) atoms. The van der Waals surface area contributed by atoms with Crippen molar-refractivity contribution >= 4 is 29.0 Å². The number of ether oxygens (including phenoxy) is 2. The van der Waals surface area contributed by atoms with E-state index in [4.69, 9.17) is 13.9 Å². The Morgan fingerprint density at radius 2 is 2.08 bits per heavy atom. The molecule has 1 amide bonds. The van der Waals surface area contributed by atoms with Gasteiger partial charge in [0.1, 0.15) is 5.58 Å². The van der Waals surface area contributed by atoms with E-state index in [0.717, 1.165) is 31.4 Å². The normalized spacial score (nSPS) is 20.8. The summed E-state index contributed by atoms with van der Waals surface area (Å²) in [5.41, 5.74) is 1.21. The van der Waals surface area contributed by atoms with Crippen molar-refractivity contribution in [3.8, 4) is 0 Å². The van der Waals surface area contributed by atoms with Crippen LogP contribution in [-0.2, 0) is 14.3 Å². The van der Waals surface area contributed by atoms with Crippen LogP contribution in [0.4, 0.5) is 5.69 Å². The Morgan fingerprint density at radius 3 is 2.81 bits per heavy atom. The topological polar surface area (TPSA) is 81.0 Å². The highest BCUT2D eigenvalue weighted by molar-refractivity contribution is 5.94. The van der Waals surface area contributed by atoms with Crippen LogP contribution in [0.3, 0.4) is 0 Å². The number of fused-ring (bicyclic) bond motifs is 1. The van der Waals surface area contributed by atoms with E-state index in [9.17, 15) is 9.59 Å². The van der Waals surface area contributed by atoms with Gasteiger partial charge >= 0.3 is 5.97 Å². The van der Waals surface area contributed by atoms with Crippen LogP contribution in [0.5, 0.6) is 0 Å². The molecule has 2 unspecified atom stereocenters. The molecule has 0 radical (unpaired) electrons. The van der Waals surface area contributed by atoms with Crippen LogP contribution < -0.4 is 5.32 Å². The molecule has 140 valence electrons. The highest BCUT2D eigenvalue weighted by atomic mass is 16.5. The van der Waals surface area contributed by atoms with Gasteiger partial charge < -0.3 is 19.2 Å². The van der Waals surface area contributed by atoms with E-state index < -0.39 is 5.97 Å². The number of rotatable bonds is 7. The van der Waals surface area contributed by atoms with E-state index >= 15 is 0 Å². The van der Waals surface area contributed by atoms with Crippen LogP contribution in [0.15, 0.2) is 28.7 Å². The molecule has 7 heteroatoms. The third kappa shape index (κ3) is 4.62. The van der Waals surface area contributed by atoms with Crippen LogP contribution in [0, 0.1) is 0 Å². The molecule has 1 aliphatic rings. The Kier molecular flexibility index (Phi) is 5.90. The van der Waals surface area contributed by atoms with E-state index in [1.54, 1.807) is 24.3 Å². The number of morpholine rings is 1. The minimum Gasteiger partial charge on any atom is -0.460 e. The average Bonchev–Trinajstić information content (AvgIpc) is 3.01. The Bertz CT molecular complexity index is 762. The summed E-state index contributed by atoms with van der Waals surface area (Å²) in [7, 11) is 0. The first-order chi connectivity index (χ1) is 12.5. The molecule has 1 aliphatic heterocycles. The number of carbonyl (C=O) groups excluding carboxylic acids is 2. The highest BCUT2D eigenvalue weighted by Crippen LogP contribution is 2.23. The number of furan rings is 1. The quantitative estimate of drug-likeness (QED) is 0.464. The van der Waals surface area contributed by atoms with Crippen LogP contribution >= 0.6 is 0 Å². The molecule has 0 spiro atoms.